The Morgan fingerprint density at radius 2 is 1.59 bits per heavy atom. The summed E-state index contributed by atoms with van der Waals surface area (Å²) < 4.78 is 5.40. The molecule has 0 fully saturated rings. The number of aliphatic imine (C=N–C) groups is 1. The zero-order valence-corrected chi connectivity index (χ0v) is 18.9. The molecule has 0 aliphatic heterocycles. The number of furan rings is 1. The first-order valence-corrected chi connectivity index (χ1v) is 11.0. The van der Waals surface area contributed by atoms with E-state index < -0.39 is 0 Å². The molecule has 0 spiro atoms. The molecule has 0 aliphatic carbocycles. The van der Waals surface area contributed by atoms with E-state index in [1.165, 1.54) is 5.56 Å². The third-order valence-electron chi connectivity index (χ3n) is 5.04. The van der Waals surface area contributed by atoms with Gasteiger partial charge in [0, 0.05) is 45.7 Å². The Morgan fingerprint density at radius 1 is 0.875 bits per heavy atom. The van der Waals surface area contributed by atoms with E-state index in [4.69, 9.17) is 9.41 Å². The predicted octanol–water partition coefficient (Wildman–Crippen LogP) is 3.54. The van der Waals surface area contributed by atoms with Crippen molar-refractivity contribution in [2.45, 2.75) is 19.3 Å². The first kappa shape index (κ1) is 23.1. The van der Waals surface area contributed by atoms with Crippen LogP contribution in [0.1, 0.15) is 27.2 Å². The third kappa shape index (κ3) is 7.61. The molecule has 168 valence electrons. The summed E-state index contributed by atoms with van der Waals surface area (Å²) in [5.74, 6) is 1.73. The average molecular weight is 433 g/mol. The van der Waals surface area contributed by atoms with Crippen LogP contribution in [0.4, 0.5) is 0 Å². The van der Waals surface area contributed by atoms with E-state index >= 15 is 0 Å². The number of rotatable bonds is 10. The van der Waals surface area contributed by atoms with Gasteiger partial charge in [0.15, 0.2) is 5.96 Å². The summed E-state index contributed by atoms with van der Waals surface area (Å²) in [6.07, 6.45) is 4.17. The van der Waals surface area contributed by atoms with Crippen LogP contribution in [-0.4, -0.2) is 50.5 Å². The highest BCUT2D eigenvalue weighted by molar-refractivity contribution is 5.94. The molecule has 2 aromatic carbocycles. The number of nitrogens with zero attached hydrogens (tertiary/aromatic N) is 2. The van der Waals surface area contributed by atoms with E-state index in [1.807, 2.05) is 42.5 Å². The number of carbonyl (C=O) groups excluding carboxylic acids is 1. The second kappa shape index (κ2) is 12.3. The minimum atomic E-state index is 0.0163. The first-order valence-electron chi connectivity index (χ1n) is 11.0. The van der Waals surface area contributed by atoms with Gasteiger partial charge in [-0.25, -0.2) is 0 Å². The summed E-state index contributed by atoms with van der Waals surface area (Å²) in [7, 11) is 3.53. The SMILES string of the molecule is CN(C)C(=O)c1cccc(CCNC(=NCCc2ccco2)NCCc2ccccc2)c1. The van der Waals surface area contributed by atoms with Gasteiger partial charge in [-0.2, -0.15) is 0 Å². The van der Waals surface area contributed by atoms with Gasteiger partial charge in [-0.05, 0) is 48.2 Å². The summed E-state index contributed by atoms with van der Waals surface area (Å²) in [5.41, 5.74) is 3.11. The standard InChI is InChI=1S/C26H32N4O2/c1-30(2)25(31)23-11-6-10-22(20-23)14-17-28-26(29-18-15-24-12-7-19-32-24)27-16-13-21-8-4-3-5-9-21/h3-12,19-20H,13-18H2,1-2H3,(H2,27,28,29). The lowest BCUT2D eigenvalue weighted by molar-refractivity contribution is 0.0827. The Kier molecular flexibility index (Phi) is 8.92. The van der Waals surface area contributed by atoms with Crippen molar-refractivity contribution < 1.29 is 9.21 Å². The molecule has 1 amide bonds. The van der Waals surface area contributed by atoms with E-state index in [1.54, 1.807) is 25.3 Å². The molecule has 1 aromatic heterocycles. The maximum atomic E-state index is 12.2. The van der Waals surface area contributed by atoms with Crippen molar-refractivity contribution in [2.24, 2.45) is 4.99 Å². The smallest absolute Gasteiger partial charge is 0.253 e. The number of hydrogen-bond donors (Lipinski definition) is 2. The molecule has 0 bridgehead atoms. The van der Waals surface area contributed by atoms with Gasteiger partial charge < -0.3 is 20.0 Å². The average Bonchev–Trinajstić information content (AvgIpc) is 3.32. The zero-order chi connectivity index (χ0) is 22.6. The molecule has 3 rings (SSSR count). The molecular weight excluding hydrogens is 400 g/mol. The molecule has 0 aliphatic rings. The lowest BCUT2D eigenvalue weighted by Crippen LogP contribution is -2.39. The minimum Gasteiger partial charge on any atom is -0.469 e. The molecule has 0 saturated carbocycles. The van der Waals surface area contributed by atoms with E-state index in [2.05, 4.69) is 34.9 Å². The number of nitrogens with one attached hydrogen (secondary N) is 2. The van der Waals surface area contributed by atoms with Crippen LogP contribution in [0.5, 0.6) is 0 Å². The van der Waals surface area contributed by atoms with Crippen molar-refractivity contribution >= 4 is 11.9 Å². The molecule has 1 heterocycles. The summed E-state index contributed by atoms with van der Waals surface area (Å²) in [6, 6.07) is 22.1. The summed E-state index contributed by atoms with van der Waals surface area (Å²) in [5, 5.41) is 6.85. The van der Waals surface area contributed by atoms with Crippen LogP contribution in [0.15, 0.2) is 82.4 Å². The van der Waals surface area contributed by atoms with Crippen molar-refractivity contribution in [3.8, 4) is 0 Å². The maximum absolute atomic E-state index is 12.2. The van der Waals surface area contributed by atoms with E-state index in [0.29, 0.717) is 12.1 Å². The lowest BCUT2D eigenvalue weighted by atomic mass is 10.1. The Morgan fingerprint density at radius 3 is 2.28 bits per heavy atom. The minimum absolute atomic E-state index is 0.0163. The maximum Gasteiger partial charge on any atom is 0.253 e. The predicted molar refractivity (Wildman–Crippen MR) is 129 cm³/mol. The highest BCUT2D eigenvalue weighted by atomic mass is 16.3. The van der Waals surface area contributed by atoms with Crippen LogP contribution in [0.25, 0.3) is 0 Å². The van der Waals surface area contributed by atoms with Crippen molar-refractivity contribution in [3.05, 3.63) is 95.4 Å². The number of amides is 1. The Balaban J connectivity index is 1.54. The third-order valence-corrected chi connectivity index (χ3v) is 5.04. The fourth-order valence-corrected chi connectivity index (χ4v) is 3.32. The summed E-state index contributed by atoms with van der Waals surface area (Å²) in [4.78, 5) is 18.5. The first-order chi connectivity index (χ1) is 15.6. The fraction of sp³-hybridized carbons (Fsp3) is 0.308. The van der Waals surface area contributed by atoms with E-state index in [0.717, 1.165) is 49.6 Å². The Hall–Kier alpha value is -3.54. The van der Waals surface area contributed by atoms with Gasteiger partial charge in [-0.15, -0.1) is 0 Å². The van der Waals surface area contributed by atoms with Crippen molar-refractivity contribution in [3.63, 3.8) is 0 Å². The van der Waals surface area contributed by atoms with Gasteiger partial charge >= 0.3 is 0 Å². The van der Waals surface area contributed by atoms with Gasteiger partial charge in [-0.1, -0.05) is 42.5 Å². The van der Waals surface area contributed by atoms with Crippen LogP contribution < -0.4 is 10.6 Å². The fourth-order valence-electron chi connectivity index (χ4n) is 3.32. The zero-order valence-electron chi connectivity index (χ0n) is 18.9. The molecule has 3 aromatic rings. The molecule has 32 heavy (non-hydrogen) atoms. The van der Waals surface area contributed by atoms with Gasteiger partial charge in [0.05, 0.1) is 6.26 Å². The number of carbonyl (C=O) groups is 1. The van der Waals surface area contributed by atoms with Crippen LogP contribution in [0.3, 0.4) is 0 Å². The molecule has 6 nitrogen and oxygen atoms in total. The second-order valence-corrected chi connectivity index (χ2v) is 7.80. The molecule has 0 saturated heterocycles. The Labute approximate surface area is 190 Å². The van der Waals surface area contributed by atoms with E-state index in [9.17, 15) is 4.79 Å². The monoisotopic (exact) mass is 432 g/mol. The number of hydrogen-bond acceptors (Lipinski definition) is 3. The van der Waals surface area contributed by atoms with Crippen LogP contribution in [0.2, 0.25) is 0 Å². The van der Waals surface area contributed by atoms with Gasteiger partial charge in [0.25, 0.3) is 5.91 Å². The highest BCUT2D eigenvalue weighted by Gasteiger charge is 2.08. The second-order valence-electron chi connectivity index (χ2n) is 7.80. The van der Waals surface area contributed by atoms with Crippen molar-refractivity contribution in [2.75, 3.05) is 33.7 Å². The van der Waals surface area contributed by atoms with Gasteiger partial charge in [0.2, 0.25) is 0 Å². The summed E-state index contributed by atoms with van der Waals surface area (Å²) >= 11 is 0. The lowest BCUT2D eigenvalue weighted by Gasteiger charge is -2.14. The quantitative estimate of drug-likeness (QED) is 0.380. The Bertz CT molecular complexity index is 982. The van der Waals surface area contributed by atoms with Crippen LogP contribution >= 0.6 is 0 Å². The largest absolute Gasteiger partial charge is 0.469 e. The number of benzene rings is 2. The van der Waals surface area contributed by atoms with Gasteiger partial charge in [-0.3, -0.25) is 9.79 Å². The number of guanidine groups is 1. The van der Waals surface area contributed by atoms with E-state index in [-0.39, 0.29) is 5.91 Å². The molecular formula is C26H32N4O2. The molecule has 0 unspecified atom stereocenters. The molecule has 2 N–H and O–H groups in total. The van der Waals surface area contributed by atoms with Gasteiger partial charge in [0.1, 0.15) is 5.76 Å². The highest BCUT2D eigenvalue weighted by Crippen LogP contribution is 2.08. The van der Waals surface area contributed by atoms with Crippen LogP contribution in [0, 0.1) is 0 Å². The molecule has 0 radical (unpaired) electrons. The molecule has 0 atom stereocenters. The molecule has 6 heteroatoms. The van der Waals surface area contributed by atoms with Crippen molar-refractivity contribution in [1.82, 2.24) is 15.5 Å². The van der Waals surface area contributed by atoms with Crippen molar-refractivity contribution in [1.29, 1.82) is 0 Å². The van der Waals surface area contributed by atoms with Crippen LogP contribution in [-0.2, 0) is 19.3 Å². The summed E-state index contributed by atoms with van der Waals surface area (Å²) in [6.45, 7) is 2.15. The topological polar surface area (TPSA) is 69.9 Å². The normalized spacial score (nSPS) is 11.2.